The van der Waals surface area contributed by atoms with E-state index in [2.05, 4.69) is 31.2 Å². The van der Waals surface area contributed by atoms with Crippen molar-refractivity contribution >= 4 is 0 Å². The van der Waals surface area contributed by atoms with E-state index >= 15 is 0 Å². The molecule has 0 heterocycles. The Balaban J connectivity index is 0.000000820. The van der Waals surface area contributed by atoms with Gasteiger partial charge in [-0.1, -0.05) is 90.4 Å². The van der Waals surface area contributed by atoms with Crippen LogP contribution < -0.4 is 0 Å². The Bertz CT molecular complexity index is 396. The zero-order valence-electron chi connectivity index (χ0n) is 16.2. The van der Waals surface area contributed by atoms with Crippen LogP contribution in [0.5, 0.6) is 0 Å². The molecule has 0 saturated heterocycles. The van der Waals surface area contributed by atoms with Crippen LogP contribution in [0, 0.1) is 0 Å². The van der Waals surface area contributed by atoms with Gasteiger partial charge in [-0.2, -0.15) is 17.7 Å². The molecule has 0 nitrogen and oxygen atoms in total. The molecule has 2 aromatic rings. The van der Waals surface area contributed by atoms with Crippen LogP contribution in [0.25, 0.3) is 0 Å². The van der Waals surface area contributed by atoms with Crippen LogP contribution in [0.1, 0.15) is 89.5 Å². The Morgan fingerprint density at radius 3 is 1.32 bits per heavy atom. The molecule has 0 radical (unpaired) electrons. The van der Waals surface area contributed by atoms with Crippen molar-refractivity contribution in [2.24, 2.45) is 0 Å². The standard InChI is InChI=1S/C19H33.C5H5.Fe/c1-2-3-4-5-6-7-8-9-10-11-12-13-16-19-17-14-15-18-19;1-2-4-5-3-1;/h14-15,17-18H,2-13,16H2,1H3;1-5H;/q-1;-5;. The monoisotopic (exact) mass is 382 g/mol. The minimum Gasteiger partial charge on any atom is -0.748 e. The maximum absolute atomic E-state index is 2.29. The summed E-state index contributed by atoms with van der Waals surface area (Å²) in [5, 5.41) is 0. The van der Waals surface area contributed by atoms with Crippen LogP contribution in [0.15, 0.2) is 54.6 Å². The van der Waals surface area contributed by atoms with E-state index < -0.39 is 0 Å². The van der Waals surface area contributed by atoms with Crippen molar-refractivity contribution in [3.63, 3.8) is 0 Å². The van der Waals surface area contributed by atoms with Crippen molar-refractivity contribution in [3.05, 3.63) is 60.2 Å². The average Bonchev–Trinajstić information content (AvgIpc) is 3.32. The molecule has 148 valence electrons. The van der Waals surface area contributed by atoms with Crippen LogP contribution in [-0.2, 0) is 23.5 Å². The Morgan fingerprint density at radius 2 is 0.920 bits per heavy atom. The van der Waals surface area contributed by atoms with Crippen molar-refractivity contribution in [1.82, 2.24) is 0 Å². The average molecular weight is 382 g/mol. The van der Waals surface area contributed by atoms with E-state index in [1.54, 1.807) is 0 Å². The summed E-state index contributed by atoms with van der Waals surface area (Å²) in [6.07, 6.45) is 18.6. The van der Waals surface area contributed by atoms with E-state index in [0.29, 0.717) is 0 Å². The summed E-state index contributed by atoms with van der Waals surface area (Å²) >= 11 is 0. The second-order valence-electron chi connectivity index (χ2n) is 6.89. The number of rotatable bonds is 13. The number of hydrogen-bond acceptors (Lipinski definition) is 0. The first-order chi connectivity index (χ1) is 11.9. The molecule has 0 aliphatic heterocycles. The third-order valence-corrected chi connectivity index (χ3v) is 4.61. The molecule has 0 atom stereocenters. The van der Waals surface area contributed by atoms with Gasteiger partial charge in [-0.25, -0.2) is 12.1 Å². The largest absolute Gasteiger partial charge is 0.748 e. The summed E-state index contributed by atoms with van der Waals surface area (Å²) < 4.78 is 0. The van der Waals surface area contributed by atoms with Crippen molar-refractivity contribution in [2.45, 2.75) is 90.4 Å². The molecule has 0 unspecified atom stereocenters. The molecule has 0 bridgehead atoms. The fourth-order valence-electron chi connectivity index (χ4n) is 3.07. The van der Waals surface area contributed by atoms with Gasteiger partial charge in [0.05, 0.1) is 0 Å². The SMILES string of the molecule is CCCCCCCCCCCCCC[c-]1cccc1.[Fe].[cH-]1[cH-][cH-][cH-][cH-]1. The number of unbranched alkanes of at least 4 members (excludes halogenated alkanes) is 11. The van der Waals surface area contributed by atoms with Crippen LogP contribution >= 0.6 is 0 Å². The van der Waals surface area contributed by atoms with Crippen LogP contribution in [0.4, 0.5) is 0 Å². The molecular formula is C24H38Fe-6. The molecule has 0 aliphatic carbocycles. The minimum atomic E-state index is 0. The molecule has 2 rings (SSSR count). The summed E-state index contributed by atoms with van der Waals surface area (Å²) in [7, 11) is 0. The van der Waals surface area contributed by atoms with Crippen molar-refractivity contribution in [2.75, 3.05) is 0 Å². The molecule has 0 saturated carbocycles. The third kappa shape index (κ3) is 16.4. The smallest absolute Gasteiger partial charge is 0 e. The maximum Gasteiger partial charge on any atom is 0 e. The van der Waals surface area contributed by atoms with E-state index in [1.807, 2.05) is 30.3 Å². The Kier molecular flexibility index (Phi) is 18.9. The molecule has 2 aromatic carbocycles. The third-order valence-electron chi connectivity index (χ3n) is 4.61. The van der Waals surface area contributed by atoms with Gasteiger partial charge in [0.25, 0.3) is 0 Å². The van der Waals surface area contributed by atoms with Gasteiger partial charge in [0.15, 0.2) is 0 Å². The van der Waals surface area contributed by atoms with Gasteiger partial charge in [0, 0.05) is 17.1 Å². The fourth-order valence-corrected chi connectivity index (χ4v) is 3.07. The van der Waals surface area contributed by atoms with Gasteiger partial charge in [-0.05, 0) is 0 Å². The van der Waals surface area contributed by atoms with Crippen molar-refractivity contribution in [1.29, 1.82) is 0 Å². The molecule has 0 amide bonds. The first-order valence-corrected chi connectivity index (χ1v) is 10.3. The van der Waals surface area contributed by atoms with Gasteiger partial charge in [-0.3, -0.25) is 0 Å². The fraction of sp³-hybridized carbons (Fsp3) is 0.583. The molecule has 25 heavy (non-hydrogen) atoms. The predicted molar refractivity (Wildman–Crippen MR) is 109 cm³/mol. The summed E-state index contributed by atoms with van der Waals surface area (Å²) in [5.74, 6) is 0. The molecule has 0 aromatic heterocycles. The van der Waals surface area contributed by atoms with Crippen molar-refractivity contribution < 1.29 is 17.1 Å². The quantitative estimate of drug-likeness (QED) is 0.187. The topological polar surface area (TPSA) is 0 Å². The Hall–Kier alpha value is -0.781. The molecule has 0 spiro atoms. The molecule has 0 N–H and O–H groups in total. The van der Waals surface area contributed by atoms with Crippen molar-refractivity contribution in [3.8, 4) is 0 Å². The second kappa shape index (κ2) is 19.5. The van der Waals surface area contributed by atoms with Gasteiger partial charge in [0.1, 0.15) is 0 Å². The first-order valence-electron chi connectivity index (χ1n) is 10.3. The zero-order valence-corrected chi connectivity index (χ0v) is 17.3. The summed E-state index contributed by atoms with van der Waals surface area (Å²) in [6.45, 7) is 2.29. The normalized spacial score (nSPS) is 9.96. The summed E-state index contributed by atoms with van der Waals surface area (Å²) in [5.41, 5.74) is 1.52. The van der Waals surface area contributed by atoms with E-state index in [0.717, 1.165) is 0 Å². The van der Waals surface area contributed by atoms with E-state index in [4.69, 9.17) is 0 Å². The van der Waals surface area contributed by atoms with E-state index in [-0.39, 0.29) is 17.1 Å². The van der Waals surface area contributed by atoms with Gasteiger partial charge in [-0.15, -0.1) is 0 Å². The Morgan fingerprint density at radius 1 is 0.560 bits per heavy atom. The van der Waals surface area contributed by atoms with E-state index in [9.17, 15) is 0 Å². The summed E-state index contributed by atoms with van der Waals surface area (Å²) in [4.78, 5) is 0. The Labute approximate surface area is 167 Å². The molecular weight excluding hydrogens is 344 g/mol. The van der Waals surface area contributed by atoms with Crippen LogP contribution in [0.2, 0.25) is 0 Å². The number of aryl methyl sites for hydroxylation is 1. The zero-order chi connectivity index (χ0) is 17.1. The van der Waals surface area contributed by atoms with Gasteiger partial charge < -0.3 is 30.3 Å². The minimum absolute atomic E-state index is 0. The van der Waals surface area contributed by atoms with Crippen LogP contribution in [0.3, 0.4) is 0 Å². The molecule has 0 aliphatic rings. The first kappa shape index (κ1) is 24.2. The molecule has 1 heteroatoms. The maximum atomic E-state index is 2.29. The van der Waals surface area contributed by atoms with Gasteiger partial charge in [0.2, 0.25) is 0 Å². The van der Waals surface area contributed by atoms with Crippen LogP contribution in [-0.4, -0.2) is 0 Å². The number of hydrogen-bond donors (Lipinski definition) is 0. The summed E-state index contributed by atoms with van der Waals surface area (Å²) in [6, 6.07) is 18.8. The van der Waals surface area contributed by atoms with E-state index in [1.165, 1.54) is 89.0 Å². The molecule has 0 fully saturated rings. The second-order valence-corrected chi connectivity index (χ2v) is 6.89. The van der Waals surface area contributed by atoms with Gasteiger partial charge >= 0.3 is 0 Å². The predicted octanol–water partition coefficient (Wildman–Crippen LogP) is 8.05.